The molecule has 2 rings (SSSR count). The van der Waals surface area contributed by atoms with E-state index in [1.54, 1.807) is 11.3 Å². The van der Waals surface area contributed by atoms with Gasteiger partial charge in [0.15, 0.2) is 0 Å². The number of nitrogens with zero attached hydrogens (tertiary/aromatic N) is 2. The predicted molar refractivity (Wildman–Crippen MR) is 64.3 cm³/mol. The molecule has 3 nitrogen and oxygen atoms in total. The van der Waals surface area contributed by atoms with E-state index in [0.29, 0.717) is 0 Å². The molecule has 4 heteroatoms. The van der Waals surface area contributed by atoms with Crippen LogP contribution in [0.2, 0.25) is 0 Å². The van der Waals surface area contributed by atoms with Crippen LogP contribution in [0.5, 0.6) is 0 Å². The summed E-state index contributed by atoms with van der Waals surface area (Å²) >= 11 is 1.73. The predicted octanol–water partition coefficient (Wildman–Crippen LogP) is 2.89. The molecule has 0 aromatic carbocycles. The summed E-state index contributed by atoms with van der Waals surface area (Å²) in [5.74, 6) is 0. The van der Waals surface area contributed by atoms with Crippen molar-refractivity contribution in [1.82, 2.24) is 9.78 Å². The molecule has 2 aromatic rings. The molecule has 0 aliphatic heterocycles. The second-order valence-electron chi connectivity index (χ2n) is 3.47. The van der Waals surface area contributed by atoms with E-state index in [9.17, 15) is 0 Å². The zero-order chi connectivity index (χ0) is 10.7. The van der Waals surface area contributed by atoms with E-state index in [0.717, 1.165) is 24.5 Å². The van der Waals surface area contributed by atoms with Gasteiger partial charge in [0, 0.05) is 19.3 Å². The van der Waals surface area contributed by atoms with Crippen LogP contribution in [0.3, 0.4) is 0 Å². The highest BCUT2D eigenvalue weighted by atomic mass is 32.1. The van der Waals surface area contributed by atoms with E-state index < -0.39 is 0 Å². The highest BCUT2D eigenvalue weighted by Gasteiger charge is 2.03. The van der Waals surface area contributed by atoms with Crippen molar-refractivity contribution >= 4 is 17.0 Å². The quantitative estimate of drug-likeness (QED) is 0.860. The second kappa shape index (κ2) is 4.49. The summed E-state index contributed by atoms with van der Waals surface area (Å²) in [6.45, 7) is 5.91. The molecule has 2 aromatic heterocycles. The molecule has 0 spiro atoms. The molecule has 0 aliphatic rings. The Kier molecular flexibility index (Phi) is 3.06. The lowest BCUT2D eigenvalue weighted by molar-refractivity contribution is 0.653. The first-order valence-corrected chi connectivity index (χ1v) is 6.03. The monoisotopic (exact) mass is 221 g/mol. The van der Waals surface area contributed by atoms with Gasteiger partial charge in [-0.3, -0.25) is 4.68 Å². The Labute approximate surface area is 93.7 Å². The number of hydrogen-bond donors (Lipinski definition) is 1. The van der Waals surface area contributed by atoms with Crippen molar-refractivity contribution in [2.24, 2.45) is 0 Å². The molecule has 0 unspecified atom stereocenters. The van der Waals surface area contributed by atoms with Crippen LogP contribution in [0, 0.1) is 6.92 Å². The molecule has 0 saturated carbocycles. The third-order valence-corrected chi connectivity index (χ3v) is 3.07. The molecular formula is C11H15N3S. The third-order valence-electron chi connectivity index (χ3n) is 2.33. The highest BCUT2D eigenvalue weighted by Crippen LogP contribution is 2.14. The van der Waals surface area contributed by atoms with Crippen molar-refractivity contribution in [3.05, 3.63) is 34.3 Å². The van der Waals surface area contributed by atoms with Gasteiger partial charge in [0.25, 0.3) is 0 Å². The molecule has 15 heavy (non-hydrogen) atoms. The van der Waals surface area contributed by atoms with Gasteiger partial charge in [-0.25, -0.2) is 0 Å². The van der Waals surface area contributed by atoms with Crippen LogP contribution in [0.4, 0.5) is 5.69 Å². The van der Waals surface area contributed by atoms with E-state index >= 15 is 0 Å². The normalized spacial score (nSPS) is 10.5. The standard InChI is InChI=1S/C11H15N3S/c1-3-14-7-11(9(2)13-14)12-6-10-4-5-15-8-10/h4-5,7-8,12H,3,6H2,1-2H3. The lowest BCUT2D eigenvalue weighted by Gasteiger charge is -2.01. The van der Waals surface area contributed by atoms with E-state index in [4.69, 9.17) is 0 Å². The van der Waals surface area contributed by atoms with Crippen LogP contribution in [-0.2, 0) is 13.1 Å². The van der Waals surface area contributed by atoms with Gasteiger partial charge in [0.05, 0.1) is 11.4 Å². The summed E-state index contributed by atoms with van der Waals surface area (Å²) in [4.78, 5) is 0. The smallest absolute Gasteiger partial charge is 0.0825 e. The first-order chi connectivity index (χ1) is 7.29. The number of aromatic nitrogens is 2. The molecular weight excluding hydrogens is 206 g/mol. The Morgan fingerprint density at radius 3 is 3.00 bits per heavy atom. The number of thiophene rings is 1. The highest BCUT2D eigenvalue weighted by molar-refractivity contribution is 7.07. The average molecular weight is 221 g/mol. The number of anilines is 1. The van der Waals surface area contributed by atoms with E-state index in [1.807, 2.05) is 11.6 Å². The Balaban J connectivity index is 2.01. The maximum absolute atomic E-state index is 4.39. The Hall–Kier alpha value is -1.29. The maximum atomic E-state index is 4.39. The van der Waals surface area contributed by atoms with Crippen molar-refractivity contribution in [2.45, 2.75) is 26.9 Å². The van der Waals surface area contributed by atoms with Crippen LogP contribution in [0.1, 0.15) is 18.2 Å². The summed E-state index contributed by atoms with van der Waals surface area (Å²) in [6, 6.07) is 2.14. The number of rotatable bonds is 4. The second-order valence-corrected chi connectivity index (χ2v) is 4.25. The lowest BCUT2D eigenvalue weighted by Crippen LogP contribution is -1.98. The molecule has 0 fully saturated rings. The average Bonchev–Trinajstić information content (AvgIpc) is 2.84. The molecule has 0 amide bonds. The molecule has 80 valence electrons. The number of hydrogen-bond acceptors (Lipinski definition) is 3. The maximum Gasteiger partial charge on any atom is 0.0825 e. The Morgan fingerprint density at radius 1 is 1.53 bits per heavy atom. The molecule has 0 aliphatic carbocycles. The summed E-state index contributed by atoms with van der Waals surface area (Å²) in [5.41, 5.74) is 3.51. The molecule has 0 bridgehead atoms. The topological polar surface area (TPSA) is 29.9 Å². The fraction of sp³-hybridized carbons (Fsp3) is 0.364. The zero-order valence-corrected chi connectivity index (χ0v) is 9.84. The van der Waals surface area contributed by atoms with Crippen LogP contribution >= 0.6 is 11.3 Å². The van der Waals surface area contributed by atoms with Gasteiger partial charge in [0.2, 0.25) is 0 Å². The number of nitrogens with one attached hydrogen (secondary N) is 1. The molecule has 1 N–H and O–H groups in total. The van der Waals surface area contributed by atoms with Crippen molar-refractivity contribution in [3.63, 3.8) is 0 Å². The van der Waals surface area contributed by atoms with Gasteiger partial charge in [-0.15, -0.1) is 0 Å². The van der Waals surface area contributed by atoms with E-state index in [1.165, 1.54) is 5.56 Å². The van der Waals surface area contributed by atoms with Crippen molar-refractivity contribution < 1.29 is 0 Å². The summed E-state index contributed by atoms with van der Waals surface area (Å²) < 4.78 is 1.95. The minimum absolute atomic E-state index is 0.875. The summed E-state index contributed by atoms with van der Waals surface area (Å²) in [6.07, 6.45) is 2.06. The van der Waals surface area contributed by atoms with Gasteiger partial charge in [0.1, 0.15) is 0 Å². The fourth-order valence-electron chi connectivity index (χ4n) is 1.44. The molecule has 0 radical (unpaired) electrons. The van der Waals surface area contributed by atoms with Gasteiger partial charge >= 0.3 is 0 Å². The van der Waals surface area contributed by atoms with E-state index in [-0.39, 0.29) is 0 Å². The largest absolute Gasteiger partial charge is 0.378 e. The number of aryl methyl sites for hydroxylation is 2. The van der Waals surface area contributed by atoms with Gasteiger partial charge in [-0.1, -0.05) is 0 Å². The van der Waals surface area contributed by atoms with Gasteiger partial charge < -0.3 is 5.32 Å². The van der Waals surface area contributed by atoms with Gasteiger partial charge in [-0.05, 0) is 36.2 Å². The van der Waals surface area contributed by atoms with Crippen LogP contribution in [0.25, 0.3) is 0 Å². The Bertz CT molecular complexity index is 417. The van der Waals surface area contributed by atoms with Crippen LogP contribution < -0.4 is 5.32 Å². The first-order valence-electron chi connectivity index (χ1n) is 5.08. The van der Waals surface area contributed by atoms with Crippen molar-refractivity contribution in [2.75, 3.05) is 5.32 Å². The summed E-state index contributed by atoms with van der Waals surface area (Å²) in [5, 5.41) is 12.0. The van der Waals surface area contributed by atoms with Crippen molar-refractivity contribution in [1.29, 1.82) is 0 Å². The molecule has 0 atom stereocenters. The minimum atomic E-state index is 0.875. The SMILES string of the molecule is CCn1cc(NCc2ccsc2)c(C)n1. The van der Waals surface area contributed by atoms with Crippen LogP contribution in [-0.4, -0.2) is 9.78 Å². The van der Waals surface area contributed by atoms with Gasteiger partial charge in [-0.2, -0.15) is 16.4 Å². The minimum Gasteiger partial charge on any atom is -0.378 e. The first kappa shape index (κ1) is 10.2. The summed E-state index contributed by atoms with van der Waals surface area (Å²) in [7, 11) is 0. The fourth-order valence-corrected chi connectivity index (χ4v) is 2.11. The van der Waals surface area contributed by atoms with Crippen LogP contribution in [0.15, 0.2) is 23.0 Å². The molecule has 2 heterocycles. The van der Waals surface area contributed by atoms with Crippen molar-refractivity contribution in [3.8, 4) is 0 Å². The Morgan fingerprint density at radius 2 is 2.40 bits per heavy atom. The zero-order valence-electron chi connectivity index (χ0n) is 9.03. The third kappa shape index (κ3) is 2.39. The lowest BCUT2D eigenvalue weighted by atomic mass is 10.3. The van der Waals surface area contributed by atoms with E-state index in [2.05, 4.69) is 40.4 Å². The molecule has 0 saturated heterocycles.